The highest BCUT2D eigenvalue weighted by Crippen LogP contribution is 2.24. The zero-order chi connectivity index (χ0) is 14.0. The maximum Gasteiger partial charge on any atom is 0.337 e. The Kier molecular flexibility index (Phi) is 3.66. The maximum atomic E-state index is 13.4. The van der Waals surface area contributed by atoms with E-state index in [1.807, 2.05) is 0 Å². The highest BCUT2D eigenvalue weighted by molar-refractivity contribution is 6.33. The van der Waals surface area contributed by atoms with Crippen LogP contribution in [0.15, 0.2) is 30.5 Å². The van der Waals surface area contributed by atoms with Crippen LogP contribution < -0.4 is 5.32 Å². The van der Waals surface area contributed by atoms with Crippen LogP contribution in [-0.2, 0) is 0 Å². The number of rotatable bonds is 3. The number of pyridine rings is 1. The summed E-state index contributed by atoms with van der Waals surface area (Å²) in [7, 11) is 0. The van der Waals surface area contributed by atoms with Gasteiger partial charge in [-0.2, -0.15) is 0 Å². The number of carbonyl (C=O) groups is 1. The molecule has 98 valence electrons. The number of aromatic nitrogens is 1. The third kappa shape index (κ3) is 2.82. The minimum Gasteiger partial charge on any atom is -0.478 e. The van der Waals surface area contributed by atoms with E-state index < -0.39 is 5.97 Å². The van der Waals surface area contributed by atoms with E-state index in [0.717, 1.165) is 0 Å². The predicted octanol–water partition coefficient (Wildman–Crippen LogP) is 3.62. The van der Waals surface area contributed by atoms with Gasteiger partial charge in [0.2, 0.25) is 0 Å². The average Bonchev–Trinajstić information content (AvgIpc) is 2.37. The van der Waals surface area contributed by atoms with Crippen LogP contribution in [0.4, 0.5) is 15.9 Å². The van der Waals surface area contributed by atoms with Gasteiger partial charge in [0.25, 0.3) is 0 Å². The molecule has 2 rings (SSSR count). The van der Waals surface area contributed by atoms with Crippen LogP contribution in [0.25, 0.3) is 0 Å². The van der Waals surface area contributed by atoms with Gasteiger partial charge in [-0.15, -0.1) is 0 Å². The fraction of sp³-hybridized carbons (Fsp3) is 0.0769. The van der Waals surface area contributed by atoms with E-state index in [-0.39, 0.29) is 22.2 Å². The second-order valence-electron chi connectivity index (χ2n) is 3.89. The monoisotopic (exact) mass is 280 g/mol. The van der Waals surface area contributed by atoms with E-state index >= 15 is 0 Å². The number of hydrogen-bond acceptors (Lipinski definition) is 3. The van der Waals surface area contributed by atoms with Crippen LogP contribution in [0.5, 0.6) is 0 Å². The number of aromatic carboxylic acids is 1. The molecule has 0 saturated heterocycles. The molecule has 1 heterocycles. The summed E-state index contributed by atoms with van der Waals surface area (Å²) in [6.45, 7) is 1.62. The molecule has 0 radical (unpaired) electrons. The number of nitrogens with one attached hydrogen (secondary N) is 1. The summed E-state index contributed by atoms with van der Waals surface area (Å²) in [6, 6.07) is 5.88. The van der Waals surface area contributed by atoms with Crippen LogP contribution in [0.3, 0.4) is 0 Å². The molecule has 0 saturated carbocycles. The van der Waals surface area contributed by atoms with Crippen molar-refractivity contribution in [2.75, 3.05) is 5.32 Å². The zero-order valence-corrected chi connectivity index (χ0v) is 10.7. The molecule has 2 aromatic rings. The molecule has 0 amide bonds. The molecule has 0 unspecified atom stereocenters. The van der Waals surface area contributed by atoms with Gasteiger partial charge >= 0.3 is 5.97 Å². The Labute approximate surface area is 113 Å². The molecular weight excluding hydrogens is 271 g/mol. The summed E-state index contributed by atoms with van der Waals surface area (Å²) >= 11 is 5.72. The van der Waals surface area contributed by atoms with E-state index in [2.05, 4.69) is 10.3 Å². The summed E-state index contributed by atoms with van der Waals surface area (Å²) in [6.07, 6.45) is 1.24. The first-order chi connectivity index (χ1) is 8.99. The highest BCUT2D eigenvalue weighted by Gasteiger charge is 2.11. The van der Waals surface area contributed by atoms with Crippen LogP contribution >= 0.6 is 11.6 Å². The second kappa shape index (κ2) is 5.24. The molecular formula is C13H10ClFN2O2. The van der Waals surface area contributed by atoms with Crippen LogP contribution in [0.2, 0.25) is 5.02 Å². The number of halogens is 2. The Hall–Kier alpha value is -2.14. The Morgan fingerprint density at radius 2 is 2.21 bits per heavy atom. The first kappa shape index (κ1) is 13.3. The molecule has 1 aromatic heterocycles. The van der Waals surface area contributed by atoms with Crippen molar-refractivity contribution in [3.63, 3.8) is 0 Å². The fourth-order valence-corrected chi connectivity index (χ4v) is 1.74. The lowest BCUT2D eigenvalue weighted by Crippen LogP contribution is -2.02. The number of benzene rings is 1. The molecule has 1 aromatic carbocycles. The van der Waals surface area contributed by atoms with Crippen molar-refractivity contribution in [2.24, 2.45) is 0 Å². The van der Waals surface area contributed by atoms with Crippen molar-refractivity contribution in [3.8, 4) is 0 Å². The molecule has 2 N–H and O–H groups in total. The average molecular weight is 281 g/mol. The Balaban J connectivity index is 2.36. The molecule has 19 heavy (non-hydrogen) atoms. The van der Waals surface area contributed by atoms with Gasteiger partial charge in [0, 0.05) is 17.4 Å². The van der Waals surface area contributed by atoms with Crippen molar-refractivity contribution < 1.29 is 14.3 Å². The smallest absolute Gasteiger partial charge is 0.337 e. The Morgan fingerprint density at radius 1 is 1.47 bits per heavy atom. The van der Waals surface area contributed by atoms with Gasteiger partial charge in [-0.3, -0.25) is 0 Å². The molecule has 0 spiro atoms. The first-order valence-corrected chi connectivity index (χ1v) is 5.78. The SMILES string of the molecule is Cc1c(F)cccc1Nc1cc(C(=O)O)c(Cl)cn1. The van der Waals surface area contributed by atoms with Crippen molar-refractivity contribution in [1.82, 2.24) is 4.98 Å². The summed E-state index contributed by atoms with van der Waals surface area (Å²) < 4.78 is 13.4. The third-order valence-electron chi connectivity index (χ3n) is 2.62. The van der Waals surface area contributed by atoms with Crippen molar-refractivity contribution >= 4 is 29.1 Å². The lowest BCUT2D eigenvalue weighted by atomic mass is 10.2. The number of nitrogens with zero attached hydrogens (tertiary/aromatic N) is 1. The van der Waals surface area contributed by atoms with Gasteiger partial charge in [0.05, 0.1) is 10.6 Å². The van der Waals surface area contributed by atoms with Gasteiger partial charge in [0.1, 0.15) is 11.6 Å². The van der Waals surface area contributed by atoms with Crippen molar-refractivity contribution in [1.29, 1.82) is 0 Å². The lowest BCUT2D eigenvalue weighted by molar-refractivity contribution is 0.0697. The summed E-state index contributed by atoms with van der Waals surface area (Å²) in [5.41, 5.74) is 0.885. The zero-order valence-electron chi connectivity index (χ0n) is 9.95. The molecule has 0 aliphatic rings. The van der Waals surface area contributed by atoms with Gasteiger partial charge in [-0.25, -0.2) is 14.2 Å². The van der Waals surface area contributed by atoms with E-state index in [4.69, 9.17) is 16.7 Å². The van der Waals surface area contributed by atoms with Gasteiger partial charge < -0.3 is 10.4 Å². The predicted molar refractivity (Wildman–Crippen MR) is 70.6 cm³/mol. The van der Waals surface area contributed by atoms with Crippen LogP contribution in [-0.4, -0.2) is 16.1 Å². The van der Waals surface area contributed by atoms with E-state index in [9.17, 15) is 9.18 Å². The largest absolute Gasteiger partial charge is 0.478 e. The lowest BCUT2D eigenvalue weighted by Gasteiger charge is -2.10. The number of carboxylic acid groups (broad SMARTS) is 1. The molecule has 0 atom stereocenters. The Morgan fingerprint density at radius 3 is 2.89 bits per heavy atom. The normalized spacial score (nSPS) is 10.3. The molecule has 0 bridgehead atoms. The summed E-state index contributed by atoms with van der Waals surface area (Å²) in [4.78, 5) is 14.9. The summed E-state index contributed by atoms with van der Waals surface area (Å²) in [5, 5.41) is 11.9. The standard InChI is InChI=1S/C13H10ClFN2O2/c1-7-10(15)3-2-4-11(7)17-12-5-8(13(18)19)9(14)6-16-12/h2-6H,1H3,(H,16,17)(H,18,19). The number of hydrogen-bond donors (Lipinski definition) is 2. The molecule has 4 nitrogen and oxygen atoms in total. The van der Waals surface area contributed by atoms with Crippen molar-refractivity contribution in [3.05, 3.63) is 52.4 Å². The molecule has 0 aliphatic carbocycles. The minimum atomic E-state index is -1.15. The maximum absolute atomic E-state index is 13.4. The molecule has 0 fully saturated rings. The quantitative estimate of drug-likeness (QED) is 0.901. The minimum absolute atomic E-state index is 0.0500. The Bertz CT molecular complexity index is 647. The van der Waals surface area contributed by atoms with Gasteiger partial charge in [0.15, 0.2) is 0 Å². The number of anilines is 2. The third-order valence-corrected chi connectivity index (χ3v) is 2.92. The fourth-order valence-electron chi connectivity index (χ4n) is 1.55. The van der Waals surface area contributed by atoms with E-state index in [0.29, 0.717) is 11.3 Å². The number of carboxylic acids is 1. The van der Waals surface area contributed by atoms with E-state index in [1.54, 1.807) is 19.1 Å². The molecule has 6 heteroatoms. The first-order valence-electron chi connectivity index (χ1n) is 5.40. The van der Waals surface area contributed by atoms with Crippen molar-refractivity contribution in [2.45, 2.75) is 6.92 Å². The van der Waals surface area contributed by atoms with Crippen LogP contribution in [0.1, 0.15) is 15.9 Å². The second-order valence-corrected chi connectivity index (χ2v) is 4.30. The summed E-state index contributed by atoms with van der Waals surface area (Å²) in [5.74, 6) is -1.21. The van der Waals surface area contributed by atoms with E-state index in [1.165, 1.54) is 18.3 Å². The molecule has 0 aliphatic heterocycles. The van der Waals surface area contributed by atoms with Crippen LogP contribution in [0, 0.1) is 12.7 Å². The highest BCUT2D eigenvalue weighted by atomic mass is 35.5. The topological polar surface area (TPSA) is 62.2 Å². The van der Waals surface area contributed by atoms with Gasteiger partial charge in [-0.1, -0.05) is 17.7 Å². The van der Waals surface area contributed by atoms with Gasteiger partial charge in [-0.05, 0) is 25.1 Å².